The maximum atomic E-state index is 11.9. The van der Waals surface area contributed by atoms with E-state index in [0.29, 0.717) is 12.5 Å². The van der Waals surface area contributed by atoms with E-state index in [1.807, 2.05) is 19.1 Å². The molecule has 0 aromatic rings. The summed E-state index contributed by atoms with van der Waals surface area (Å²) in [5.41, 5.74) is 0. The largest absolute Gasteiger partial charge is 0.396 e. The summed E-state index contributed by atoms with van der Waals surface area (Å²) in [6, 6.07) is 0.0565. The van der Waals surface area contributed by atoms with E-state index < -0.39 is 0 Å². The van der Waals surface area contributed by atoms with Gasteiger partial charge in [0, 0.05) is 25.2 Å². The lowest BCUT2D eigenvalue weighted by Crippen LogP contribution is -2.42. The Labute approximate surface area is 95.7 Å². The van der Waals surface area contributed by atoms with Crippen molar-refractivity contribution in [3.63, 3.8) is 0 Å². The second-order valence-electron chi connectivity index (χ2n) is 4.74. The Morgan fingerprint density at radius 1 is 1.56 bits per heavy atom. The lowest BCUT2D eigenvalue weighted by molar-refractivity contribution is -0.132. The van der Waals surface area contributed by atoms with Gasteiger partial charge >= 0.3 is 0 Å². The molecular weight excluding hydrogens is 206 g/mol. The number of carbonyl (C=O) groups excluding carboxylic acids is 1. The van der Waals surface area contributed by atoms with Crippen LogP contribution < -0.4 is 5.32 Å². The van der Waals surface area contributed by atoms with Crippen molar-refractivity contribution in [2.45, 2.75) is 31.9 Å². The summed E-state index contributed by atoms with van der Waals surface area (Å²) in [4.78, 5) is 11.9. The number of amides is 1. The monoisotopic (exact) mass is 225 g/mol. The molecule has 1 fully saturated rings. The van der Waals surface area contributed by atoms with E-state index in [9.17, 15) is 4.79 Å². The van der Waals surface area contributed by atoms with Crippen molar-refractivity contribution in [3.05, 3.63) is 12.2 Å². The SMILES string of the molecule is CC1CCOC1C(=O)N[C@@H]1C=C[C@H](CO)C1. The highest BCUT2D eigenvalue weighted by molar-refractivity contribution is 5.81. The van der Waals surface area contributed by atoms with Crippen LogP contribution in [0.15, 0.2) is 12.2 Å². The molecule has 1 aliphatic heterocycles. The Bertz CT molecular complexity index is 290. The summed E-state index contributed by atoms with van der Waals surface area (Å²) < 4.78 is 5.40. The van der Waals surface area contributed by atoms with Gasteiger partial charge in [-0.05, 0) is 18.8 Å². The molecule has 0 aromatic carbocycles. The first-order valence-corrected chi connectivity index (χ1v) is 5.92. The van der Waals surface area contributed by atoms with Crippen molar-refractivity contribution in [1.82, 2.24) is 5.32 Å². The number of aliphatic hydroxyl groups is 1. The zero-order chi connectivity index (χ0) is 11.5. The van der Waals surface area contributed by atoms with E-state index in [1.54, 1.807) is 0 Å². The molecule has 0 spiro atoms. The summed E-state index contributed by atoms with van der Waals surface area (Å²) in [7, 11) is 0. The average Bonchev–Trinajstić information content (AvgIpc) is 2.86. The molecule has 4 heteroatoms. The first kappa shape index (κ1) is 11.6. The van der Waals surface area contributed by atoms with Gasteiger partial charge in [0.05, 0.1) is 0 Å². The molecule has 0 saturated carbocycles. The molecule has 0 aromatic heterocycles. The molecule has 1 aliphatic carbocycles. The van der Waals surface area contributed by atoms with Crippen LogP contribution >= 0.6 is 0 Å². The Hall–Kier alpha value is -0.870. The highest BCUT2D eigenvalue weighted by Gasteiger charge is 2.32. The standard InChI is InChI=1S/C12H19NO3/c1-8-4-5-16-11(8)12(15)13-10-3-2-9(6-10)7-14/h2-3,8-11,14H,4-7H2,1H3,(H,13,15)/t8?,9-,10+,11?/m0/s1. The summed E-state index contributed by atoms with van der Waals surface area (Å²) in [6.07, 6.45) is 5.38. The quantitative estimate of drug-likeness (QED) is 0.686. The fourth-order valence-corrected chi connectivity index (χ4v) is 2.31. The minimum atomic E-state index is -0.290. The van der Waals surface area contributed by atoms with Crippen molar-refractivity contribution in [2.24, 2.45) is 11.8 Å². The van der Waals surface area contributed by atoms with Crippen molar-refractivity contribution in [1.29, 1.82) is 0 Å². The predicted octanol–water partition coefficient (Wildman–Crippen LogP) is 0.465. The number of hydrogen-bond acceptors (Lipinski definition) is 3. The second kappa shape index (κ2) is 4.97. The van der Waals surface area contributed by atoms with Crippen LogP contribution in [-0.2, 0) is 9.53 Å². The Kier molecular flexibility index (Phi) is 3.61. The molecule has 4 nitrogen and oxygen atoms in total. The molecule has 1 heterocycles. The van der Waals surface area contributed by atoms with Crippen LogP contribution in [0.2, 0.25) is 0 Å². The maximum Gasteiger partial charge on any atom is 0.249 e. The first-order valence-electron chi connectivity index (χ1n) is 5.92. The van der Waals surface area contributed by atoms with E-state index in [0.717, 1.165) is 12.8 Å². The summed E-state index contributed by atoms with van der Waals surface area (Å²) in [5.74, 6) is 0.476. The number of aliphatic hydroxyl groups excluding tert-OH is 1. The van der Waals surface area contributed by atoms with Gasteiger partial charge in [-0.2, -0.15) is 0 Å². The van der Waals surface area contributed by atoms with Gasteiger partial charge in [-0.25, -0.2) is 0 Å². The smallest absolute Gasteiger partial charge is 0.249 e. The number of ether oxygens (including phenoxy) is 1. The normalized spacial score (nSPS) is 37.9. The molecule has 90 valence electrons. The molecule has 2 rings (SSSR count). The van der Waals surface area contributed by atoms with E-state index in [-0.39, 0.29) is 30.6 Å². The van der Waals surface area contributed by atoms with Crippen molar-refractivity contribution >= 4 is 5.91 Å². The number of nitrogens with one attached hydrogen (secondary N) is 1. The summed E-state index contributed by atoms with van der Waals surface area (Å²) in [6.45, 7) is 2.87. The maximum absolute atomic E-state index is 11.9. The van der Waals surface area contributed by atoms with Crippen LogP contribution in [0.5, 0.6) is 0 Å². The third-order valence-corrected chi connectivity index (χ3v) is 3.38. The fourth-order valence-electron chi connectivity index (χ4n) is 2.31. The van der Waals surface area contributed by atoms with Gasteiger partial charge in [-0.15, -0.1) is 0 Å². The Morgan fingerprint density at radius 2 is 2.38 bits per heavy atom. The van der Waals surface area contributed by atoms with Gasteiger partial charge in [0.25, 0.3) is 0 Å². The lowest BCUT2D eigenvalue weighted by Gasteiger charge is -2.18. The van der Waals surface area contributed by atoms with E-state index in [2.05, 4.69) is 5.32 Å². The second-order valence-corrected chi connectivity index (χ2v) is 4.74. The van der Waals surface area contributed by atoms with Gasteiger partial charge in [0.1, 0.15) is 6.10 Å². The van der Waals surface area contributed by atoms with Gasteiger partial charge in [-0.1, -0.05) is 19.1 Å². The number of hydrogen-bond donors (Lipinski definition) is 2. The summed E-state index contributed by atoms with van der Waals surface area (Å²) >= 11 is 0. The molecule has 1 amide bonds. The number of carbonyl (C=O) groups is 1. The Morgan fingerprint density at radius 3 is 2.94 bits per heavy atom. The molecule has 0 bridgehead atoms. The van der Waals surface area contributed by atoms with Crippen LogP contribution in [0.4, 0.5) is 0 Å². The van der Waals surface area contributed by atoms with Crippen LogP contribution in [0.1, 0.15) is 19.8 Å². The topological polar surface area (TPSA) is 58.6 Å². The minimum absolute atomic E-state index is 0.0155. The van der Waals surface area contributed by atoms with E-state index in [4.69, 9.17) is 9.84 Å². The number of rotatable bonds is 3. The van der Waals surface area contributed by atoms with Gasteiger partial charge in [0.15, 0.2) is 0 Å². The van der Waals surface area contributed by atoms with Crippen molar-refractivity contribution < 1.29 is 14.6 Å². The average molecular weight is 225 g/mol. The van der Waals surface area contributed by atoms with Crippen LogP contribution in [0, 0.1) is 11.8 Å². The molecule has 1 saturated heterocycles. The molecule has 2 unspecified atom stereocenters. The molecule has 16 heavy (non-hydrogen) atoms. The van der Waals surface area contributed by atoms with Gasteiger partial charge in [-0.3, -0.25) is 4.79 Å². The zero-order valence-corrected chi connectivity index (χ0v) is 9.56. The summed E-state index contributed by atoms with van der Waals surface area (Å²) in [5, 5.41) is 11.9. The van der Waals surface area contributed by atoms with E-state index >= 15 is 0 Å². The fraction of sp³-hybridized carbons (Fsp3) is 0.750. The molecular formula is C12H19NO3. The van der Waals surface area contributed by atoms with Crippen LogP contribution in [0.3, 0.4) is 0 Å². The highest BCUT2D eigenvalue weighted by atomic mass is 16.5. The van der Waals surface area contributed by atoms with Gasteiger partial charge < -0.3 is 15.2 Å². The first-order chi connectivity index (χ1) is 7.70. The minimum Gasteiger partial charge on any atom is -0.396 e. The predicted molar refractivity (Wildman–Crippen MR) is 59.8 cm³/mol. The van der Waals surface area contributed by atoms with E-state index in [1.165, 1.54) is 0 Å². The van der Waals surface area contributed by atoms with Crippen LogP contribution in [-0.4, -0.2) is 36.4 Å². The van der Waals surface area contributed by atoms with Crippen LogP contribution in [0.25, 0.3) is 0 Å². The van der Waals surface area contributed by atoms with Crippen molar-refractivity contribution in [2.75, 3.05) is 13.2 Å². The Balaban J connectivity index is 1.82. The molecule has 4 atom stereocenters. The molecule has 0 radical (unpaired) electrons. The third-order valence-electron chi connectivity index (χ3n) is 3.38. The third kappa shape index (κ3) is 2.44. The zero-order valence-electron chi connectivity index (χ0n) is 9.56. The molecule has 2 N–H and O–H groups in total. The van der Waals surface area contributed by atoms with Crippen molar-refractivity contribution in [3.8, 4) is 0 Å². The molecule has 2 aliphatic rings. The highest BCUT2D eigenvalue weighted by Crippen LogP contribution is 2.22. The lowest BCUT2D eigenvalue weighted by atomic mass is 10.0. The van der Waals surface area contributed by atoms with Gasteiger partial charge in [0.2, 0.25) is 5.91 Å².